The number of hydrogen-bond acceptors (Lipinski definition) is 4. The van der Waals surface area contributed by atoms with Gasteiger partial charge in [-0.25, -0.2) is 4.79 Å². The van der Waals surface area contributed by atoms with Crippen molar-refractivity contribution in [1.82, 2.24) is 0 Å². The Morgan fingerprint density at radius 1 is 1.23 bits per heavy atom. The smallest absolute Gasteiger partial charge is 0.330 e. The maximum absolute atomic E-state index is 11.0. The first-order chi connectivity index (χ1) is 12.4. The highest BCUT2D eigenvalue weighted by Crippen LogP contribution is 2.37. The van der Waals surface area contributed by atoms with Crippen LogP contribution in [-0.2, 0) is 9.53 Å². The van der Waals surface area contributed by atoms with E-state index in [2.05, 4.69) is 17.7 Å². The van der Waals surface area contributed by atoms with Crippen molar-refractivity contribution in [2.45, 2.75) is 89.8 Å². The first kappa shape index (κ1) is 22.9. The van der Waals surface area contributed by atoms with Crippen molar-refractivity contribution in [2.75, 3.05) is 7.11 Å². The van der Waals surface area contributed by atoms with Gasteiger partial charge in [0.05, 0.1) is 18.8 Å². The number of aliphatic hydroxyl groups is 2. The Bertz CT molecular complexity index is 453. The highest BCUT2D eigenvalue weighted by Gasteiger charge is 2.33. The minimum Gasteiger partial charge on any atom is -0.466 e. The summed E-state index contributed by atoms with van der Waals surface area (Å²) in [5.74, 6) is 0.322. The third-order valence-corrected chi connectivity index (χ3v) is 5.44. The molecule has 0 heterocycles. The molecule has 2 N–H and O–H groups in total. The van der Waals surface area contributed by atoms with Gasteiger partial charge in [-0.15, -0.1) is 0 Å². The summed E-state index contributed by atoms with van der Waals surface area (Å²) in [7, 11) is 1.38. The maximum atomic E-state index is 11.0. The van der Waals surface area contributed by atoms with Crippen molar-refractivity contribution in [3.05, 3.63) is 24.3 Å². The Labute approximate surface area is 159 Å². The predicted octanol–water partition coefficient (Wildman–Crippen LogP) is 4.55. The van der Waals surface area contributed by atoms with E-state index in [1.165, 1.54) is 13.2 Å². The van der Waals surface area contributed by atoms with Crippen molar-refractivity contribution in [2.24, 2.45) is 11.8 Å². The molecular weight excluding hydrogens is 328 g/mol. The van der Waals surface area contributed by atoms with E-state index in [9.17, 15) is 15.0 Å². The summed E-state index contributed by atoms with van der Waals surface area (Å²) in [5.41, 5.74) is -0.744. The number of unbranched alkanes of at least 4 members (excludes halogenated alkanes) is 4. The van der Waals surface area contributed by atoms with Gasteiger partial charge in [-0.1, -0.05) is 50.8 Å². The van der Waals surface area contributed by atoms with Gasteiger partial charge >= 0.3 is 5.97 Å². The Morgan fingerprint density at radius 3 is 2.69 bits per heavy atom. The summed E-state index contributed by atoms with van der Waals surface area (Å²) in [6.07, 6.45) is 17.0. The number of ether oxygens (including phenoxy) is 1. The Balaban J connectivity index is 2.40. The van der Waals surface area contributed by atoms with Gasteiger partial charge in [-0.3, -0.25) is 0 Å². The lowest BCUT2D eigenvalue weighted by atomic mass is 9.87. The van der Waals surface area contributed by atoms with E-state index < -0.39 is 5.60 Å². The molecule has 1 aliphatic carbocycles. The average molecular weight is 367 g/mol. The lowest BCUT2D eigenvalue weighted by Crippen LogP contribution is -2.22. The fourth-order valence-corrected chi connectivity index (χ4v) is 3.76. The third-order valence-electron chi connectivity index (χ3n) is 5.44. The van der Waals surface area contributed by atoms with E-state index in [0.29, 0.717) is 5.92 Å². The molecule has 1 fully saturated rings. The van der Waals surface area contributed by atoms with E-state index >= 15 is 0 Å². The number of methoxy groups -OCH3 is 1. The van der Waals surface area contributed by atoms with Crippen LogP contribution in [0.15, 0.2) is 24.3 Å². The molecule has 0 saturated heterocycles. The minimum absolute atomic E-state index is 0.236. The van der Waals surface area contributed by atoms with Gasteiger partial charge in [-0.2, -0.15) is 0 Å². The molecule has 150 valence electrons. The largest absolute Gasteiger partial charge is 0.466 e. The predicted molar refractivity (Wildman–Crippen MR) is 106 cm³/mol. The number of hydrogen-bond donors (Lipinski definition) is 2. The van der Waals surface area contributed by atoms with E-state index in [-0.39, 0.29) is 18.0 Å². The van der Waals surface area contributed by atoms with E-state index in [0.717, 1.165) is 64.2 Å². The molecule has 0 aliphatic heterocycles. The molecule has 0 bridgehead atoms. The van der Waals surface area contributed by atoms with Gasteiger partial charge in [0.1, 0.15) is 0 Å². The first-order valence-electron chi connectivity index (χ1n) is 10.2. The van der Waals surface area contributed by atoms with Crippen LogP contribution in [0.2, 0.25) is 0 Å². The Kier molecular flexibility index (Phi) is 10.8. The molecule has 0 aromatic heterocycles. The monoisotopic (exact) mass is 366 g/mol. The van der Waals surface area contributed by atoms with Crippen molar-refractivity contribution in [3.8, 4) is 0 Å². The first-order valence-corrected chi connectivity index (χ1v) is 10.2. The summed E-state index contributed by atoms with van der Waals surface area (Å²) in [6.45, 7) is 4.05. The van der Waals surface area contributed by atoms with Crippen LogP contribution in [0.1, 0.15) is 78.1 Å². The molecule has 1 saturated carbocycles. The van der Waals surface area contributed by atoms with Gasteiger partial charge in [0.25, 0.3) is 0 Å². The molecule has 0 aromatic carbocycles. The van der Waals surface area contributed by atoms with Crippen molar-refractivity contribution < 1.29 is 19.7 Å². The van der Waals surface area contributed by atoms with Crippen LogP contribution in [0.25, 0.3) is 0 Å². The number of allylic oxidation sites excluding steroid dienone is 2. The zero-order valence-electron chi connectivity index (χ0n) is 16.8. The fourth-order valence-electron chi connectivity index (χ4n) is 3.76. The van der Waals surface area contributed by atoms with Crippen LogP contribution in [0.3, 0.4) is 0 Å². The number of carbonyl (C=O) groups is 1. The lowest BCUT2D eigenvalue weighted by molar-refractivity contribution is -0.134. The average Bonchev–Trinajstić information content (AvgIpc) is 2.96. The number of rotatable bonds is 12. The van der Waals surface area contributed by atoms with Crippen molar-refractivity contribution >= 4 is 5.97 Å². The van der Waals surface area contributed by atoms with Crippen LogP contribution in [0, 0.1) is 11.8 Å². The van der Waals surface area contributed by atoms with Crippen LogP contribution in [-0.4, -0.2) is 35.0 Å². The molecule has 26 heavy (non-hydrogen) atoms. The van der Waals surface area contributed by atoms with Crippen molar-refractivity contribution in [1.29, 1.82) is 0 Å². The topological polar surface area (TPSA) is 66.8 Å². The van der Waals surface area contributed by atoms with E-state index in [1.807, 2.05) is 19.1 Å². The fraction of sp³-hybridized carbons (Fsp3) is 0.773. The minimum atomic E-state index is -0.744. The summed E-state index contributed by atoms with van der Waals surface area (Å²) in [6, 6.07) is 0. The van der Waals surface area contributed by atoms with Gasteiger partial charge in [0, 0.05) is 6.08 Å². The molecule has 0 spiro atoms. The standard InChI is InChI=1S/C22H38O4/c1-4-5-10-16-22(2,25)17-15-18-13-14-20(23)19(18)11-8-6-7-9-12-21(24)26-3/h9,12,15,17-20,23,25H,4-8,10-11,13-14,16H2,1-3H3/t18?,19-,20-,22?/m1/s1. The summed E-state index contributed by atoms with van der Waals surface area (Å²) < 4.78 is 4.56. The molecule has 4 heteroatoms. The van der Waals surface area contributed by atoms with E-state index in [4.69, 9.17) is 0 Å². The second-order valence-electron chi connectivity index (χ2n) is 7.86. The van der Waals surface area contributed by atoms with Gasteiger partial charge in [-0.05, 0) is 57.3 Å². The molecule has 1 aliphatic rings. The number of esters is 1. The molecule has 4 nitrogen and oxygen atoms in total. The zero-order valence-corrected chi connectivity index (χ0v) is 16.8. The molecule has 2 unspecified atom stereocenters. The Hall–Kier alpha value is -1.13. The zero-order chi connectivity index (χ0) is 19.4. The molecule has 1 rings (SSSR count). The quantitative estimate of drug-likeness (QED) is 0.230. The SMILES string of the molecule is CCCCCC(C)(O)C=CC1CC[C@@H](O)[C@@H]1CCCCC=CC(=O)OC. The van der Waals surface area contributed by atoms with E-state index in [1.54, 1.807) is 0 Å². The summed E-state index contributed by atoms with van der Waals surface area (Å²) in [4.78, 5) is 11.0. The van der Waals surface area contributed by atoms with Crippen LogP contribution >= 0.6 is 0 Å². The molecular formula is C22H38O4. The van der Waals surface area contributed by atoms with Crippen LogP contribution in [0.4, 0.5) is 0 Å². The molecule has 0 amide bonds. The van der Waals surface area contributed by atoms with Crippen LogP contribution < -0.4 is 0 Å². The highest BCUT2D eigenvalue weighted by molar-refractivity contribution is 5.81. The summed E-state index contributed by atoms with van der Waals surface area (Å²) in [5, 5.41) is 20.8. The number of aliphatic hydroxyl groups excluding tert-OH is 1. The maximum Gasteiger partial charge on any atom is 0.330 e. The second kappa shape index (κ2) is 12.3. The summed E-state index contributed by atoms with van der Waals surface area (Å²) >= 11 is 0. The van der Waals surface area contributed by atoms with Gasteiger partial charge < -0.3 is 14.9 Å². The van der Waals surface area contributed by atoms with Crippen molar-refractivity contribution in [3.63, 3.8) is 0 Å². The number of carbonyl (C=O) groups excluding carboxylic acids is 1. The molecule has 0 aromatic rings. The van der Waals surface area contributed by atoms with Crippen LogP contribution in [0.5, 0.6) is 0 Å². The third kappa shape index (κ3) is 9.00. The molecule has 4 atom stereocenters. The van der Waals surface area contributed by atoms with Gasteiger partial charge in [0.2, 0.25) is 0 Å². The Morgan fingerprint density at radius 2 is 2.00 bits per heavy atom. The lowest BCUT2D eigenvalue weighted by Gasteiger charge is -2.22. The molecule has 0 radical (unpaired) electrons. The highest BCUT2D eigenvalue weighted by atomic mass is 16.5. The second-order valence-corrected chi connectivity index (χ2v) is 7.86. The van der Waals surface area contributed by atoms with Gasteiger partial charge in [0.15, 0.2) is 0 Å². The normalized spacial score (nSPS) is 25.8.